The van der Waals surface area contributed by atoms with E-state index >= 15 is 0 Å². The van der Waals surface area contributed by atoms with Crippen LogP contribution < -0.4 is 31.3 Å². The average Bonchev–Trinajstić information content (AvgIpc) is 3.82. The van der Waals surface area contributed by atoms with Gasteiger partial charge in [-0.15, -0.1) is 0 Å². The number of nitrogens with zero attached hydrogens (tertiary/aromatic N) is 1. The first kappa shape index (κ1) is 38.0. The second kappa shape index (κ2) is 17.9. The van der Waals surface area contributed by atoms with Crippen molar-refractivity contribution in [3.63, 3.8) is 0 Å². The van der Waals surface area contributed by atoms with Crippen LogP contribution >= 0.6 is 0 Å². The molecule has 2 fully saturated rings. The van der Waals surface area contributed by atoms with E-state index in [9.17, 15) is 28.8 Å². The van der Waals surface area contributed by atoms with Gasteiger partial charge in [0.1, 0.15) is 23.4 Å². The monoisotopic (exact) mass is 736 g/mol. The van der Waals surface area contributed by atoms with Gasteiger partial charge < -0.3 is 36.2 Å². The third-order valence-corrected chi connectivity index (χ3v) is 10.2. The Morgan fingerprint density at radius 2 is 1.57 bits per heavy atom. The molecule has 6 rings (SSSR count). The van der Waals surface area contributed by atoms with Gasteiger partial charge in [-0.05, 0) is 54.5 Å². The summed E-state index contributed by atoms with van der Waals surface area (Å²) in [5.74, 6) is -2.21. The number of nitrogens with one attached hydrogen (secondary N) is 5. The van der Waals surface area contributed by atoms with E-state index in [-0.39, 0.29) is 43.5 Å². The lowest BCUT2D eigenvalue weighted by Gasteiger charge is -2.32. The molecule has 0 bridgehead atoms. The standard InChI is InChI=1S/C41H48N6O7/c48-35-25-33(39(52)43-26-29-13-8-14-30(23-29)27-47-21-9-17-36(47)49)44-37(50)31-15-4-5-16-34(31)54-22-10-20-42-38(51)32(24-28-11-2-1-3-12-28)45-40(53)41(46-35)18-6-7-19-41/h1-5,8,11-16,23,32-33H,6-7,9-10,17-22,24-27H2,(H,42,51)(H,43,52)(H,44,50)(H,45,53)(H,46,48)/t32-,33-/m0/s1. The molecule has 3 aromatic carbocycles. The first-order valence-electron chi connectivity index (χ1n) is 18.8. The van der Waals surface area contributed by atoms with Crippen molar-refractivity contribution in [3.05, 3.63) is 101 Å². The third kappa shape index (κ3) is 9.82. The summed E-state index contributed by atoms with van der Waals surface area (Å²) in [4.78, 5) is 82.9. The van der Waals surface area contributed by atoms with Gasteiger partial charge in [-0.1, -0.05) is 79.6 Å². The highest BCUT2D eigenvalue weighted by atomic mass is 16.5. The predicted octanol–water partition coefficient (Wildman–Crippen LogP) is 2.67. The van der Waals surface area contributed by atoms with Gasteiger partial charge in [0, 0.05) is 39.0 Å². The number of hydrogen-bond donors (Lipinski definition) is 5. The maximum Gasteiger partial charge on any atom is 0.255 e. The van der Waals surface area contributed by atoms with Crippen LogP contribution in [0.15, 0.2) is 78.9 Å². The topological polar surface area (TPSA) is 175 Å². The summed E-state index contributed by atoms with van der Waals surface area (Å²) in [6, 6.07) is 21.4. The normalized spacial score (nSPS) is 21.1. The Morgan fingerprint density at radius 1 is 0.833 bits per heavy atom. The second-order valence-corrected chi connectivity index (χ2v) is 14.2. The van der Waals surface area contributed by atoms with E-state index in [0.29, 0.717) is 57.4 Å². The zero-order valence-electron chi connectivity index (χ0n) is 30.4. The molecule has 2 atom stereocenters. The number of rotatable bonds is 7. The summed E-state index contributed by atoms with van der Waals surface area (Å²) in [7, 11) is 0. The van der Waals surface area contributed by atoms with Crippen molar-refractivity contribution < 1.29 is 33.5 Å². The van der Waals surface area contributed by atoms with Crippen LogP contribution in [0.25, 0.3) is 0 Å². The number of ether oxygens (including phenoxy) is 1. The molecule has 0 radical (unpaired) electrons. The number of hydrogen-bond acceptors (Lipinski definition) is 7. The zero-order chi connectivity index (χ0) is 37.9. The van der Waals surface area contributed by atoms with E-state index in [0.717, 1.165) is 23.1 Å². The maximum atomic E-state index is 14.0. The van der Waals surface area contributed by atoms with Crippen molar-refractivity contribution in [1.82, 2.24) is 31.5 Å². The number of benzene rings is 3. The number of amides is 6. The van der Waals surface area contributed by atoms with Crippen LogP contribution in [-0.2, 0) is 43.5 Å². The summed E-state index contributed by atoms with van der Waals surface area (Å²) < 4.78 is 5.94. The molecule has 2 heterocycles. The SMILES string of the molecule is O=C1C[C@@H](C(=O)NCc2cccc(CN3CCCC3=O)c2)NC(=O)c2ccccc2OCCCNC(=O)[C@H](Cc2ccccc2)NC(=O)C2(CCCC2)N1. The van der Waals surface area contributed by atoms with Gasteiger partial charge in [-0.3, -0.25) is 28.8 Å². The number of likely N-dealkylation sites (tertiary alicyclic amines) is 1. The molecule has 1 aliphatic carbocycles. The van der Waals surface area contributed by atoms with E-state index in [1.807, 2.05) is 59.5 Å². The minimum absolute atomic E-state index is 0.117. The fourth-order valence-corrected chi connectivity index (χ4v) is 7.30. The largest absolute Gasteiger partial charge is 0.493 e. The molecule has 1 saturated carbocycles. The Hall–Kier alpha value is -5.72. The van der Waals surface area contributed by atoms with Crippen molar-refractivity contribution >= 4 is 35.4 Å². The molecule has 6 amide bonds. The summed E-state index contributed by atoms with van der Waals surface area (Å²) >= 11 is 0. The molecule has 13 nitrogen and oxygen atoms in total. The van der Waals surface area contributed by atoms with Crippen molar-refractivity contribution in [2.45, 2.75) is 88.5 Å². The van der Waals surface area contributed by atoms with Crippen LogP contribution in [0.1, 0.15) is 78.4 Å². The average molecular weight is 737 g/mol. The van der Waals surface area contributed by atoms with E-state index < -0.39 is 47.7 Å². The highest BCUT2D eigenvalue weighted by Crippen LogP contribution is 2.30. The Balaban J connectivity index is 1.22. The number of para-hydroxylation sites is 1. The van der Waals surface area contributed by atoms with Gasteiger partial charge in [0.05, 0.1) is 18.6 Å². The molecule has 0 aromatic heterocycles. The summed E-state index contributed by atoms with van der Waals surface area (Å²) in [6.45, 7) is 1.75. The zero-order valence-corrected chi connectivity index (χ0v) is 30.4. The van der Waals surface area contributed by atoms with Crippen LogP contribution in [0.3, 0.4) is 0 Å². The molecule has 5 N–H and O–H groups in total. The Morgan fingerprint density at radius 3 is 2.35 bits per heavy atom. The Labute approximate surface area is 315 Å². The highest BCUT2D eigenvalue weighted by Gasteiger charge is 2.44. The fourth-order valence-electron chi connectivity index (χ4n) is 7.30. The van der Waals surface area contributed by atoms with Crippen molar-refractivity contribution in [2.24, 2.45) is 0 Å². The quantitative estimate of drug-likeness (QED) is 0.248. The molecule has 1 spiro atoms. The molecule has 3 aromatic rings. The predicted molar refractivity (Wildman–Crippen MR) is 200 cm³/mol. The third-order valence-electron chi connectivity index (χ3n) is 10.2. The molecule has 13 heteroatoms. The Bertz CT molecular complexity index is 1840. The van der Waals surface area contributed by atoms with Gasteiger partial charge in [-0.25, -0.2) is 0 Å². The van der Waals surface area contributed by atoms with Gasteiger partial charge in [0.25, 0.3) is 5.91 Å². The number of fused-ring (bicyclic) bond motifs is 1. The van der Waals surface area contributed by atoms with Crippen molar-refractivity contribution in [3.8, 4) is 5.75 Å². The second-order valence-electron chi connectivity index (χ2n) is 14.2. The van der Waals surface area contributed by atoms with Crippen LogP contribution in [0.4, 0.5) is 0 Å². The molecule has 284 valence electrons. The summed E-state index contributed by atoms with van der Waals surface area (Å²) in [6.07, 6.45) is 3.70. The molecule has 54 heavy (non-hydrogen) atoms. The lowest BCUT2D eigenvalue weighted by Crippen LogP contribution is -2.62. The van der Waals surface area contributed by atoms with Crippen LogP contribution in [0, 0.1) is 0 Å². The van der Waals surface area contributed by atoms with Crippen molar-refractivity contribution in [2.75, 3.05) is 19.7 Å². The molecular weight excluding hydrogens is 688 g/mol. The van der Waals surface area contributed by atoms with E-state index in [1.54, 1.807) is 24.3 Å². The van der Waals surface area contributed by atoms with Gasteiger partial charge >= 0.3 is 0 Å². The molecule has 0 unspecified atom stereocenters. The first-order chi connectivity index (χ1) is 26.2. The van der Waals surface area contributed by atoms with Crippen LogP contribution in [-0.4, -0.2) is 77.7 Å². The van der Waals surface area contributed by atoms with E-state index in [1.165, 1.54) is 0 Å². The number of carbonyl (C=O) groups excluding carboxylic acids is 6. The highest BCUT2D eigenvalue weighted by molar-refractivity contribution is 6.01. The minimum Gasteiger partial charge on any atom is -0.493 e. The summed E-state index contributed by atoms with van der Waals surface area (Å²) in [5, 5.41) is 14.4. The molecule has 3 aliphatic rings. The molecule has 1 saturated heterocycles. The lowest BCUT2D eigenvalue weighted by molar-refractivity contribution is -0.136. The fraction of sp³-hybridized carbons (Fsp3) is 0.415. The molecule has 2 aliphatic heterocycles. The smallest absolute Gasteiger partial charge is 0.255 e. The first-order valence-corrected chi connectivity index (χ1v) is 18.8. The van der Waals surface area contributed by atoms with E-state index in [2.05, 4.69) is 26.6 Å². The molecular formula is C41H48N6O7. The lowest BCUT2D eigenvalue weighted by atomic mass is 9.94. The number of carbonyl (C=O) groups is 6. The van der Waals surface area contributed by atoms with Crippen molar-refractivity contribution in [1.29, 1.82) is 0 Å². The maximum absolute atomic E-state index is 14.0. The van der Waals surface area contributed by atoms with E-state index in [4.69, 9.17) is 4.74 Å². The van der Waals surface area contributed by atoms with Crippen LogP contribution in [0.2, 0.25) is 0 Å². The van der Waals surface area contributed by atoms with Crippen LogP contribution in [0.5, 0.6) is 5.75 Å². The summed E-state index contributed by atoms with van der Waals surface area (Å²) in [5.41, 5.74) is 1.47. The van der Waals surface area contributed by atoms with Gasteiger partial charge in [0.2, 0.25) is 29.5 Å². The van der Waals surface area contributed by atoms with Gasteiger partial charge in [0.15, 0.2) is 0 Å². The Kier molecular flexibility index (Phi) is 12.6. The van der Waals surface area contributed by atoms with Gasteiger partial charge in [-0.2, -0.15) is 0 Å². The minimum atomic E-state index is -1.30.